The van der Waals surface area contributed by atoms with E-state index in [-0.39, 0.29) is 6.10 Å². The molecule has 0 aliphatic carbocycles. The number of carbonyl (C=O) groups is 1. The summed E-state index contributed by atoms with van der Waals surface area (Å²) in [5, 5.41) is 0. The number of rotatable bonds is 6. The molecular formula is C16H24N2O5. The monoisotopic (exact) mass is 324 g/mol. The summed E-state index contributed by atoms with van der Waals surface area (Å²) in [6.07, 6.45) is -0.655. The zero-order chi connectivity index (χ0) is 17.0. The van der Waals surface area contributed by atoms with Gasteiger partial charge in [0.15, 0.2) is 11.5 Å². The van der Waals surface area contributed by atoms with Crippen LogP contribution >= 0.6 is 0 Å². The van der Waals surface area contributed by atoms with Crippen molar-refractivity contribution in [2.24, 2.45) is 5.73 Å². The Balaban J connectivity index is 2.22. The number of hydrogen-bond acceptors (Lipinski definition) is 6. The molecule has 0 bridgehead atoms. The first-order valence-electron chi connectivity index (χ1n) is 7.44. The fraction of sp³-hybridized carbons (Fsp3) is 0.562. The number of nitrogens with zero attached hydrogens (tertiary/aromatic N) is 1. The van der Waals surface area contributed by atoms with E-state index >= 15 is 0 Å². The molecule has 1 aromatic rings. The van der Waals surface area contributed by atoms with Gasteiger partial charge < -0.3 is 24.7 Å². The molecule has 7 heteroatoms. The third-order valence-corrected chi connectivity index (χ3v) is 3.83. The highest BCUT2D eigenvalue weighted by Gasteiger charge is 2.29. The van der Waals surface area contributed by atoms with Crippen molar-refractivity contribution in [3.8, 4) is 17.2 Å². The molecule has 23 heavy (non-hydrogen) atoms. The van der Waals surface area contributed by atoms with Gasteiger partial charge in [-0.2, -0.15) is 0 Å². The van der Waals surface area contributed by atoms with Crippen LogP contribution in [0, 0.1) is 0 Å². The van der Waals surface area contributed by atoms with E-state index in [1.54, 1.807) is 27.4 Å². The van der Waals surface area contributed by atoms with Crippen LogP contribution < -0.4 is 19.9 Å². The van der Waals surface area contributed by atoms with E-state index < -0.39 is 12.0 Å². The van der Waals surface area contributed by atoms with E-state index in [1.807, 2.05) is 13.0 Å². The van der Waals surface area contributed by atoms with Crippen molar-refractivity contribution in [3.63, 3.8) is 0 Å². The van der Waals surface area contributed by atoms with Crippen LogP contribution in [0.25, 0.3) is 0 Å². The van der Waals surface area contributed by atoms with Crippen molar-refractivity contribution < 1.29 is 23.7 Å². The summed E-state index contributed by atoms with van der Waals surface area (Å²) in [7, 11) is 4.78. The van der Waals surface area contributed by atoms with Gasteiger partial charge in [-0.15, -0.1) is 0 Å². The van der Waals surface area contributed by atoms with E-state index in [1.165, 1.54) is 0 Å². The number of ether oxygens (including phenoxy) is 4. The molecule has 1 unspecified atom stereocenters. The Labute approximate surface area is 136 Å². The predicted octanol–water partition coefficient (Wildman–Crippen LogP) is 0.787. The minimum Gasteiger partial charge on any atom is -0.496 e. The maximum absolute atomic E-state index is 11.4. The van der Waals surface area contributed by atoms with Gasteiger partial charge in [0.2, 0.25) is 5.91 Å². The molecule has 1 aromatic carbocycles. The lowest BCUT2D eigenvalue weighted by molar-refractivity contribution is -0.142. The van der Waals surface area contributed by atoms with Crippen molar-refractivity contribution in [2.75, 3.05) is 34.4 Å². The van der Waals surface area contributed by atoms with Gasteiger partial charge in [-0.25, -0.2) is 0 Å². The van der Waals surface area contributed by atoms with Crippen LogP contribution in [-0.2, 0) is 16.1 Å². The molecule has 2 N–H and O–H groups in total. The lowest BCUT2D eigenvalue weighted by Crippen LogP contribution is -2.51. The predicted molar refractivity (Wildman–Crippen MR) is 84.9 cm³/mol. The van der Waals surface area contributed by atoms with Crippen LogP contribution in [0.15, 0.2) is 12.1 Å². The Kier molecular flexibility index (Phi) is 5.68. The van der Waals surface area contributed by atoms with Gasteiger partial charge in [0.25, 0.3) is 0 Å². The third-order valence-electron chi connectivity index (χ3n) is 3.83. The third kappa shape index (κ3) is 4.05. The van der Waals surface area contributed by atoms with Gasteiger partial charge in [0, 0.05) is 31.3 Å². The molecule has 1 amide bonds. The van der Waals surface area contributed by atoms with Crippen LogP contribution in [0.2, 0.25) is 0 Å². The van der Waals surface area contributed by atoms with Crippen LogP contribution in [0.5, 0.6) is 17.2 Å². The fourth-order valence-corrected chi connectivity index (χ4v) is 2.78. The molecule has 128 valence electrons. The molecule has 1 aliphatic rings. The zero-order valence-electron chi connectivity index (χ0n) is 14.0. The average Bonchev–Trinajstić information content (AvgIpc) is 2.53. The summed E-state index contributed by atoms with van der Waals surface area (Å²) in [4.78, 5) is 13.5. The fourth-order valence-electron chi connectivity index (χ4n) is 2.78. The van der Waals surface area contributed by atoms with Gasteiger partial charge >= 0.3 is 0 Å². The molecule has 7 nitrogen and oxygen atoms in total. The number of morpholine rings is 1. The SMILES string of the molecule is COc1cc(OC)c(OC)cc1CN1CC(C(N)=O)O[C@H](C)C1. The standard InChI is InChI=1S/C16H24N2O5/c1-10-7-18(9-15(23-10)16(17)19)8-11-5-13(21-3)14(22-4)6-12(11)20-2/h5-6,10,15H,7-9H2,1-4H3,(H2,17,19)/t10-,15?/m1/s1. The normalized spacial score (nSPS) is 21.7. The Morgan fingerprint density at radius 2 is 1.78 bits per heavy atom. The first-order chi connectivity index (χ1) is 11.0. The lowest BCUT2D eigenvalue weighted by Gasteiger charge is -2.35. The number of primary amides is 1. The largest absolute Gasteiger partial charge is 0.496 e. The minimum atomic E-state index is -0.593. The highest BCUT2D eigenvalue weighted by atomic mass is 16.5. The number of nitrogens with two attached hydrogens (primary N) is 1. The first-order valence-corrected chi connectivity index (χ1v) is 7.44. The van der Waals surface area contributed by atoms with Crippen LogP contribution in [0.4, 0.5) is 0 Å². The maximum Gasteiger partial charge on any atom is 0.247 e. The first kappa shape index (κ1) is 17.4. The Morgan fingerprint density at radius 1 is 1.17 bits per heavy atom. The highest BCUT2D eigenvalue weighted by Crippen LogP contribution is 2.35. The Bertz CT molecular complexity index is 564. The molecule has 1 saturated heterocycles. The molecule has 1 heterocycles. The number of carbonyl (C=O) groups excluding carboxylic acids is 1. The van der Waals surface area contributed by atoms with Gasteiger partial charge in [-0.05, 0) is 13.0 Å². The summed E-state index contributed by atoms with van der Waals surface area (Å²) >= 11 is 0. The van der Waals surface area contributed by atoms with E-state index in [9.17, 15) is 4.79 Å². The van der Waals surface area contributed by atoms with Crippen molar-refractivity contribution in [3.05, 3.63) is 17.7 Å². The second kappa shape index (κ2) is 7.52. The zero-order valence-corrected chi connectivity index (χ0v) is 14.0. The van der Waals surface area contributed by atoms with Crippen LogP contribution in [0.1, 0.15) is 12.5 Å². The summed E-state index contributed by atoms with van der Waals surface area (Å²) in [6, 6.07) is 3.68. The average molecular weight is 324 g/mol. The summed E-state index contributed by atoms with van der Waals surface area (Å²) < 4.78 is 21.6. The van der Waals surface area contributed by atoms with Crippen molar-refractivity contribution in [1.29, 1.82) is 0 Å². The van der Waals surface area contributed by atoms with Crippen molar-refractivity contribution >= 4 is 5.91 Å². The van der Waals surface area contributed by atoms with Gasteiger partial charge in [0.1, 0.15) is 11.9 Å². The second-order valence-corrected chi connectivity index (χ2v) is 5.55. The van der Waals surface area contributed by atoms with Crippen molar-refractivity contribution in [1.82, 2.24) is 4.90 Å². The minimum absolute atomic E-state index is 0.0626. The molecule has 2 rings (SSSR count). The van der Waals surface area contributed by atoms with Crippen molar-refractivity contribution in [2.45, 2.75) is 25.7 Å². The second-order valence-electron chi connectivity index (χ2n) is 5.55. The number of amides is 1. The number of methoxy groups -OCH3 is 3. The molecule has 1 fully saturated rings. The van der Waals surface area contributed by atoms with Gasteiger partial charge in [-0.3, -0.25) is 9.69 Å². The molecule has 1 aliphatic heterocycles. The summed E-state index contributed by atoms with van der Waals surface area (Å²) in [6.45, 7) is 3.69. The van der Waals surface area contributed by atoms with E-state index in [2.05, 4.69) is 4.90 Å². The summed E-state index contributed by atoms with van der Waals surface area (Å²) in [5.41, 5.74) is 6.32. The summed E-state index contributed by atoms with van der Waals surface area (Å²) in [5.74, 6) is 1.51. The highest BCUT2D eigenvalue weighted by molar-refractivity contribution is 5.79. The topological polar surface area (TPSA) is 83.3 Å². The number of hydrogen-bond donors (Lipinski definition) is 1. The molecule has 0 saturated carbocycles. The molecule has 0 radical (unpaired) electrons. The Hall–Kier alpha value is -1.99. The van der Waals surface area contributed by atoms with E-state index in [4.69, 9.17) is 24.7 Å². The molecule has 0 spiro atoms. The Morgan fingerprint density at radius 3 is 2.35 bits per heavy atom. The van der Waals surface area contributed by atoms with E-state index in [0.29, 0.717) is 36.9 Å². The molecular weight excluding hydrogens is 300 g/mol. The quantitative estimate of drug-likeness (QED) is 0.833. The van der Waals surface area contributed by atoms with Crippen LogP contribution in [0.3, 0.4) is 0 Å². The molecule has 2 atom stereocenters. The lowest BCUT2D eigenvalue weighted by atomic mass is 10.1. The van der Waals surface area contributed by atoms with E-state index in [0.717, 1.165) is 5.56 Å². The molecule has 0 aromatic heterocycles. The maximum atomic E-state index is 11.4. The number of benzene rings is 1. The smallest absolute Gasteiger partial charge is 0.247 e. The van der Waals surface area contributed by atoms with Gasteiger partial charge in [0.05, 0.1) is 27.4 Å². The van der Waals surface area contributed by atoms with Gasteiger partial charge in [-0.1, -0.05) is 0 Å². The van der Waals surface area contributed by atoms with Crippen LogP contribution in [-0.4, -0.2) is 57.4 Å².